The Hall–Kier alpha value is -3.28. The minimum Gasteiger partial charge on any atom is -0.494 e. The Morgan fingerprint density at radius 1 is 1.35 bits per heavy atom. The molecule has 0 spiro atoms. The van der Waals surface area contributed by atoms with Gasteiger partial charge in [-0.3, -0.25) is 0 Å². The van der Waals surface area contributed by atoms with Crippen LogP contribution in [-0.2, 0) is 19.0 Å². The van der Waals surface area contributed by atoms with Crippen molar-refractivity contribution in [1.82, 2.24) is 4.98 Å². The smallest absolute Gasteiger partial charge is 0.338 e. The fourth-order valence-electron chi connectivity index (χ4n) is 3.36. The highest BCUT2D eigenvalue weighted by molar-refractivity contribution is 6.30. The van der Waals surface area contributed by atoms with Gasteiger partial charge in [0.05, 0.1) is 30.2 Å². The quantitative estimate of drug-likeness (QED) is 0.392. The Balaban J connectivity index is 2.15. The maximum absolute atomic E-state index is 12.9. The number of hydrogen-bond acceptors (Lipinski definition) is 8. The van der Waals surface area contributed by atoms with Crippen LogP contribution in [0, 0.1) is 11.3 Å². The summed E-state index contributed by atoms with van der Waals surface area (Å²) in [5.41, 5.74) is 7.22. The third-order valence-electron chi connectivity index (χ3n) is 4.73. The number of carbonyl (C=O) groups is 1. The normalized spacial score (nSPS) is 16.2. The summed E-state index contributed by atoms with van der Waals surface area (Å²) in [6.45, 7) is 4.25. The molecule has 2 heterocycles. The van der Waals surface area contributed by atoms with Gasteiger partial charge in [0.15, 0.2) is 0 Å². The highest BCUT2D eigenvalue weighted by atomic mass is 35.5. The Labute approximate surface area is 184 Å². The molecule has 9 heteroatoms. The number of pyridine rings is 1. The van der Waals surface area contributed by atoms with Gasteiger partial charge < -0.3 is 24.7 Å². The first kappa shape index (κ1) is 22.4. The van der Waals surface area contributed by atoms with Crippen LogP contribution in [0.5, 0.6) is 5.75 Å². The van der Waals surface area contributed by atoms with Crippen LogP contribution in [-0.4, -0.2) is 37.9 Å². The lowest BCUT2D eigenvalue weighted by Gasteiger charge is -2.27. The molecule has 2 N–H and O–H groups in total. The van der Waals surface area contributed by atoms with Gasteiger partial charge in [-0.15, -0.1) is 0 Å². The van der Waals surface area contributed by atoms with Crippen molar-refractivity contribution in [3.05, 3.63) is 57.8 Å². The molecule has 3 rings (SSSR count). The molecule has 0 radical (unpaired) electrons. The molecule has 2 aromatic rings. The molecule has 0 saturated heterocycles. The second kappa shape index (κ2) is 9.69. The zero-order chi connectivity index (χ0) is 22.5. The van der Waals surface area contributed by atoms with E-state index in [1.165, 1.54) is 7.11 Å². The molecule has 8 nitrogen and oxygen atoms in total. The largest absolute Gasteiger partial charge is 0.494 e. The van der Waals surface area contributed by atoms with Crippen LogP contribution in [0.4, 0.5) is 0 Å². The molecule has 0 bridgehead atoms. The van der Waals surface area contributed by atoms with E-state index in [1.807, 2.05) is 19.1 Å². The van der Waals surface area contributed by atoms with E-state index in [0.717, 1.165) is 5.39 Å². The van der Waals surface area contributed by atoms with Crippen molar-refractivity contribution in [2.24, 2.45) is 5.73 Å². The highest BCUT2D eigenvalue weighted by Gasteiger charge is 2.38. The van der Waals surface area contributed by atoms with Crippen LogP contribution in [0.2, 0.25) is 5.15 Å². The van der Waals surface area contributed by atoms with E-state index < -0.39 is 11.9 Å². The molecule has 31 heavy (non-hydrogen) atoms. The van der Waals surface area contributed by atoms with E-state index in [0.29, 0.717) is 23.4 Å². The Morgan fingerprint density at radius 3 is 2.81 bits per heavy atom. The van der Waals surface area contributed by atoms with Gasteiger partial charge in [-0.2, -0.15) is 5.26 Å². The summed E-state index contributed by atoms with van der Waals surface area (Å²) in [4.78, 5) is 17.3. The number of methoxy groups -OCH3 is 1. The van der Waals surface area contributed by atoms with Gasteiger partial charge in [-0.05, 0) is 38.1 Å². The lowest BCUT2D eigenvalue weighted by molar-refractivity contribution is -0.140. The molecule has 0 saturated carbocycles. The molecule has 1 aliphatic heterocycles. The molecular formula is C22H22ClN3O5. The van der Waals surface area contributed by atoms with Gasteiger partial charge in [0.25, 0.3) is 0 Å². The molecule has 0 unspecified atom stereocenters. The number of aromatic nitrogens is 1. The summed E-state index contributed by atoms with van der Waals surface area (Å²) < 4.78 is 21.2. The van der Waals surface area contributed by atoms with E-state index in [9.17, 15) is 10.1 Å². The van der Waals surface area contributed by atoms with Crippen LogP contribution in [0.3, 0.4) is 0 Å². The Morgan fingerprint density at radius 2 is 2.13 bits per heavy atom. The number of nitrogens with two attached hydrogens (primary N) is 1. The SMILES string of the molecule is CCOc1ccc2nc(Cl)c([C@H]3C(C#N)=C(N)OC(C)=C3C(=O)OCCOC)cc2c1. The molecule has 162 valence electrons. The average molecular weight is 444 g/mol. The fraction of sp³-hybridized carbons (Fsp3) is 0.318. The van der Waals surface area contributed by atoms with Crippen LogP contribution in [0.1, 0.15) is 25.3 Å². The lowest BCUT2D eigenvalue weighted by Crippen LogP contribution is -2.26. The van der Waals surface area contributed by atoms with E-state index in [1.54, 1.807) is 25.1 Å². The summed E-state index contributed by atoms with van der Waals surface area (Å²) in [6.07, 6.45) is 0. The van der Waals surface area contributed by atoms with Crippen molar-refractivity contribution in [2.45, 2.75) is 19.8 Å². The predicted molar refractivity (Wildman–Crippen MR) is 114 cm³/mol. The number of ether oxygens (including phenoxy) is 4. The molecular weight excluding hydrogens is 422 g/mol. The number of halogens is 1. The zero-order valence-electron chi connectivity index (χ0n) is 17.4. The number of hydrogen-bond donors (Lipinski definition) is 1. The van der Waals surface area contributed by atoms with Crippen molar-refractivity contribution in [2.75, 3.05) is 26.9 Å². The second-order valence-corrected chi connectivity index (χ2v) is 7.04. The highest BCUT2D eigenvalue weighted by Crippen LogP contribution is 2.42. The zero-order valence-corrected chi connectivity index (χ0v) is 18.2. The third kappa shape index (κ3) is 4.58. The van der Waals surface area contributed by atoms with Gasteiger partial charge >= 0.3 is 5.97 Å². The van der Waals surface area contributed by atoms with Crippen molar-refractivity contribution in [1.29, 1.82) is 5.26 Å². The summed E-state index contributed by atoms with van der Waals surface area (Å²) in [6, 6.07) is 9.20. The van der Waals surface area contributed by atoms with Crippen LogP contribution in [0.25, 0.3) is 10.9 Å². The van der Waals surface area contributed by atoms with Crippen molar-refractivity contribution >= 4 is 28.5 Å². The number of fused-ring (bicyclic) bond motifs is 1. The van der Waals surface area contributed by atoms with Crippen molar-refractivity contribution in [3.63, 3.8) is 0 Å². The summed E-state index contributed by atoms with van der Waals surface area (Å²) in [7, 11) is 1.50. The van der Waals surface area contributed by atoms with Crippen molar-refractivity contribution in [3.8, 4) is 11.8 Å². The number of nitriles is 1. The number of carbonyl (C=O) groups excluding carboxylic acids is 1. The standard InChI is InChI=1S/C22H22ClN3O5/c1-4-29-14-5-6-17-13(9-14)10-15(20(23)26-17)19-16(11-24)21(25)31-12(2)18(19)22(27)30-8-7-28-3/h5-6,9-10,19H,4,7-8,25H2,1-3H3/t19-/m0/s1. The number of rotatable bonds is 7. The maximum Gasteiger partial charge on any atom is 0.338 e. The molecule has 0 amide bonds. The Bertz CT molecular complexity index is 1120. The van der Waals surface area contributed by atoms with E-state index in [-0.39, 0.29) is 41.2 Å². The Kier molecular flexibility index (Phi) is 7.00. The summed E-state index contributed by atoms with van der Waals surface area (Å²) in [5.74, 6) is -0.757. The van der Waals surface area contributed by atoms with E-state index >= 15 is 0 Å². The number of allylic oxidation sites excluding steroid dienone is 2. The molecule has 0 aliphatic carbocycles. The number of nitrogens with zero attached hydrogens (tertiary/aromatic N) is 2. The second-order valence-electron chi connectivity index (χ2n) is 6.68. The van der Waals surface area contributed by atoms with Gasteiger partial charge in [-0.25, -0.2) is 9.78 Å². The van der Waals surface area contributed by atoms with E-state index in [2.05, 4.69) is 4.98 Å². The van der Waals surface area contributed by atoms with Gasteiger partial charge in [0.2, 0.25) is 5.88 Å². The first-order chi connectivity index (χ1) is 14.9. The fourth-order valence-corrected chi connectivity index (χ4v) is 3.61. The summed E-state index contributed by atoms with van der Waals surface area (Å²) in [5, 5.41) is 10.6. The summed E-state index contributed by atoms with van der Waals surface area (Å²) >= 11 is 6.50. The first-order valence-corrected chi connectivity index (χ1v) is 9.96. The van der Waals surface area contributed by atoms with Crippen molar-refractivity contribution < 1.29 is 23.7 Å². The predicted octanol–water partition coefficient (Wildman–Crippen LogP) is 3.56. The number of benzene rings is 1. The molecule has 1 aliphatic rings. The van der Waals surface area contributed by atoms with E-state index in [4.69, 9.17) is 36.3 Å². The molecule has 1 atom stereocenters. The molecule has 1 aromatic carbocycles. The van der Waals surface area contributed by atoms with Gasteiger partial charge in [-0.1, -0.05) is 11.6 Å². The van der Waals surface area contributed by atoms with Gasteiger partial charge in [0.1, 0.15) is 34.9 Å². The van der Waals surface area contributed by atoms with Crippen LogP contribution >= 0.6 is 11.6 Å². The topological polar surface area (TPSA) is 117 Å². The number of esters is 1. The van der Waals surface area contributed by atoms with Crippen LogP contribution < -0.4 is 10.5 Å². The third-order valence-corrected chi connectivity index (χ3v) is 5.04. The van der Waals surface area contributed by atoms with Crippen LogP contribution in [0.15, 0.2) is 47.1 Å². The average Bonchev–Trinajstić information content (AvgIpc) is 2.73. The molecule has 0 fully saturated rings. The minimum atomic E-state index is -0.894. The lowest BCUT2D eigenvalue weighted by atomic mass is 9.83. The monoisotopic (exact) mass is 443 g/mol. The maximum atomic E-state index is 12.9. The van der Waals surface area contributed by atoms with Gasteiger partial charge in [0, 0.05) is 18.1 Å². The first-order valence-electron chi connectivity index (χ1n) is 9.58. The molecule has 1 aromatic heterocycles. The minimum absolute atomic E-state index is 0.0430.